The molecule has 0 bridgehead atoms. The zero-order chi connectivity index (χ0) is 18.2. The molecule has 0 amide bonds. The lowest BCUT2D eigenvalue weighted by Crippen LogP contribution is -2.21. The van der Waals surface area contributed by atoms with E-state index < -0.39 is 0 Å². The molecule has 0 saturated heterocycles. The van der Waals surface area contributed by atoms with Gasteiger partial charge in [0.15, 0.2) is 11.6 Å². The molecule has 8 nitrogen and oxygen atoms in total. The van der Waals surface area contributed by atoms with Crippen molar-refractivity contribution >= 4 is 11.0 Å². The number of aromatic amines is 2. The van der Waals surface area contributed by atoms with Crippen molar-refractivity contribution in [3.63, 3.8) is 0 Å². The third-order valence-corrected chi connectivity index (χ3v) is 5.65. The summed E-state index contributed by atoms with van der Waals surface area (Å²) in [6.07, 6.45) is 11.7. The molecule has 4 aromatic rings. The lowest BCUT2D eigenvalue weighted by Gasteiger charge is -2.28. The minimum Gasteiger partial charge on any atom is -0.359 e. The van der Waals surface area contributed by atoms with Crippen LogP contribution in [0.2, 0.25) is 0 Å². The van der Waals surface area contributed by atoms with Crippen molar-refractivity contribution in [1.29, 1.82) is 0 Å². The quantitative estimate of drug-likeness (QED) is 0.576. The Morgan fingerprint density at radius 1 is 1.19 bits per heavy atom. The standard InChI is InChI=1S/C19H22N8/c1-12(13-6-3-2-4-7-13)27-19(24-18(26-27)17-22-11-23-25-17)14-10-21-15-8-5-9-20-16(14)15/h5,8-13,21H,2-4,6-7H2,1H3,(H,22,23,25). The van der Waals surface area contributed by atoms with Crippen LogP contribution in [0.1, 0.15) is 45.1 Å². The molecule has 4 aromatic heterocycles. The Balaban J connectivity index is 1.64. The van der Waals surface area contributed by atoms with Gasteiger partial charge in [-0.2, -0.15) is 5.10 Å². The highest BCUT2D eigenvalue weighted by atomic mass is 15.4. The maximum Gasteiger partial charge on any atom is 0.219 e. The van der Waals surface area contributed by atoms with Gasteiger partial charge in [0.05, 0.1) is 22.6 Å². The van der Waals surface area contributed by atoms with Crippen LogP contribution in [0.15, 0.2) is 30.9 Å². The van der Waals surface area contributed by atoms with Crippen molar-refractivity contribution in [2.24, 2.45) is 5.92 Å². The summed E-state index contributed by atoms with van der Waals surface area (Å²) in [6, 6.07) is 4.21. The summed E-state index contributed by atoms with van der Waals surface area (Å²) in [5, 5.41) is 11.6. The van der Waals surface area contributed by atoms with E-state index in [9.17, 15) is 0 Å². The summed E-state index contributed by atoms with van der Waals surface area (Å²) in [7, 11) is 0. The first-order valence-electron chi connectivity index (χ1n) is 9.56. The number of hydrogen-bond donors (Lipinski definition) is 2. The van der Waals surface area contributed by atoms with Crippen molar-refractivity contribution in [3.05, 3.63) is 30.9 Å². The molecule has 1 aliphatic rings. The van der Waals surface area contributed by atoms with Crippen LogP contribution in [0, 0.1) is 5.92 Å². The van der Waals surface area contributed by atoms with Gasteiger partial charge in [-0.05, 0) is 37.8 Å². The largest absolute Gasteiger partial charge is 0.359 e. The van der Waals surface area contributed by atoms with E-state index in [4.69, 9.17) is 10.1 Å². The minimum absolute atomic E-state index is 0.262. The zero-order valence-corrected chi connectivity index (χ0v) is 15.3. The first kappa shape index (κ1) is 16.2. The highest BCUT2D eigenvalue weighted by Crippen LogP contribution is 2.36. The summed E-state index contributed by atoms with van der Waals surface area (Å²) >= 11 is 0. The number of nitrogens with one attached hydrogen (secondary N) is 2. The average molecular weight is 362 g/mol. The van der Waals surface area contributed by atoms with Gasteiger partial charge in [-0.25, -0.2) is 14.6 Å². The fraction of sp³-hybridized carbons (Fsp3) is 0.421. The Hall–Kier alpha value is -3.03. The average Bonchev–Trinajstić information content (AvgIpc) is 3.46. The third-order valence-electron chi connectivity index (χ3n) is 5.65. The van der Waals surface area contributed by atoms with Crippen LogP contribution in [-0.4, -0.2) is 39.9 Å². The normalized spacial score (nSPS) is 16.8. The van der Waals surface area contributed by atoms with Crippen LogP contribution in [0.4, 0.5) is 0 Å². The Morgan fingerprint density at radius 2 is 2.07 bits per heavy atom. The molecule has 138 valence electrons. The molecule has 8 heteroatoms. The maximum atomic E-state index is 4.82. The molecule has 0 aliphatic heterocycles. The molecular weight excluding hydrogens is 340 g/mol. The maximum absolute atomic E-state index is 4.82. The van der Waals surface area contributed by atoms with E-state index in [1.165, 1.54) is 38.4 Å². The van der Waals surface area contributed by atoms with E-state index in [1.54, 1.807) is 0 Å². The number of nitrogens with zero attached hydrogens (tertiary/aromatic N) is 6. The van der Waals surface area contributed by atoms with Gasteiger partial charge in [-0.1, -0.05) is 19.3 Å². The second kappa shape index (κ2) is 6.61. The summed E-state index contributed by atoms with van der Waals surface area (Å²) in [4.78, 5) is 16.9. The predicted octanol–water partition coefficient (Wildman–Crippen LogP) is 3.75. The molecule has 2 N–H and O–H groups in total. The number of rotatable bonds is 4. The van der Waals surface area contributed by atoms with Crippen LogP contribution in [-0.2, 0) is 0 Å². The number of hydrogen-bond acceptors (Lipinski definition) is 5. The van der Waals surface area contributed by atoms with Crippen LogP contribution >= 0.6 is 0 Å². The van der Waals surface area contributed by atoms with E-state index in [0.717, 1.165) is 22.4 Å². The van der Waals surface area contributed by atoms with Crippen molar-refractivity contribution in [2.75, 3.05) is 0 Å². The SMILES string of the molecule is CC(C1CCCCC1)n1nc(-c2ncn[nH]2)nc1-c1c[nH]c2cccnc12. The molecule has 27 heavy (non-hydrogen) atoms. The molecule has 1 saturated carbocycles. The molecule has 1 fully saturated rings. The fourth-order valence-electron chi connectivity index (χ4n) is 4.15. The summed E-state index contributed by atoms with van der Waals surface area (Å²) in [5.74, 6) is 2.58. The first-order chi connectivity index (χ1) is 13.3. The molecule has 0 aromatic carbocycles. The summed E-state index contributed by atoms with van der Waals surface area (Å²) < 4.78 is 2.06. The molecule has 1 aliphatic carbocycles. The second-order valence-corrected chi connectivity index (χ2v) is 7.28. The first-order valence-corrected chi connectivity index (χ1v) is 9.56. The summed E-state index contributed by atoms with van der Waals surface area (Å²) in [6.45, 7) is 2.25. The number of aromatic nitrogens is 8. The predicted molar refractivity (Wildman–Crippen MR) is 102 cm³/mol. The van der Waals surface area contributed by atoms with Gasteiger partial charge in [-0.15, -0.1) is 5.10 Å². The number of fused-ring (bicyclic) bond motifs is 1. The molecule has 1 atom stereocenters. The zero-order valence-electron chi connectivity index (χ0n) is 15.3. The van der Waals surface area contributed by atoms with Gasteiger partial charge in [0.2, 0.25) is 5.82 Å². The Bertz CT molecular complexity index is 1040. The van der Waals surface area contributed by atoms with Crippen LogP contribution < -0.4 is 0 Å². The van der Waals surface area contributed by atoms with Crippen LogP contribution in [0.5, 0.6) is 0 Å². The molecule has 0 radical (unpaired) electrons. The lowest BCUT2D eigenvalue weighted by molar-refractivity contribution is 0.252. The Labute approximate surface area is 156 Å². The lowest BCUT2D eigenvalue weighted by atomic mass is 9.84. The Kier molecular flexibility index (Phi) is 3.95. The number of H-pyrrole nitrogens is 2. The smallest absolute Gasteiger partial charge is 0.219 e. The molecule has 4 heterocycles. The van der Waals surface area contributed by atoms with E-state index in [-0.39, 0.29) is 6.04 Å². The van der Waals surface area contributed by atoms with Gasteiger partial charge in [0.25, 0.3) is 0 Å². The topological polar surface area (TPSA) is 101 Å². The fourth-order valence-corrected chi connectivity index (χ4v) is 4.15. The monoisotopic (exact) mass is 362 g/mol. The summed E-state index contributed by atoms with van der Waals surface area (Å²) in [5.41, 5.74) is 2.87. The highest BCUT2D eigenvalue weighted by molar-refractivity contribution is 5.90. The van der Waals surface area contributed by atoms with Crippen molar-refractivity contribution in [3.8, 4) is 23.0 Å². The van der Waals surface area contributed by atoms with Crippen molar-refractivity contribution in [1.82, 2.24) is 39.9 Å². The number of pyridine rings is 1. The minimum atomic E-state index is 0.262. The highest BCUT2D eigenvalue weighted by Gasteiger charge is 2.27. The molecular formula is C19H22N8. The van der Waals surface area contributed by atoms with Crippen molar-refractivity contribution in [2.45, 2.75) is 45.1 Å². The molecule has 0 spiro atoms. The van der Waals surface area contributed by atoms with E-state index in [0.29, 0.717) is 17.6 Å². The molecule has 5 rings (SSSR count). The van der Waals surface area contributed by atoms with Crippen molar-refractivity contribution < 1.29 is 0 Å². The van der Waals surface area contributed by atoms with E-state index >= 15 is 0 Å². The third kappa shape index (κ3) is 2.81. The van der Waals surface area contributed by atoms with Gasteiger partial charge >= 0.3 is 0 Å². The van der Waals surface area contributed by atoms with Gasteiger partial charge in [-0.3, -0.25) is 10.1 Å². The van der Waals surface area contributed by atoms with Crippen LogP contribution in [0.3, 0.4) is 0 Å². The Morgan fingerprint density at radius 3 is 2.89 bits per heavy atom. The van der Waals surface area contributed by atoms with Crippen LogP contribution in [0.25, 0.3) is 34.1 Å². The van der Waals surface area contributed by atoms with E-state index in [1.807, 2.05) is 24.5 Å². The van der Waals surface area contributed by atoms with Gasteiger partial charge in [0, 0.05) is 12.4 Å². The van der Waals surface area contributed by atoms with Gasteiger partial charge in [0.1, 0.15) is 6.33 Å². The van der Waals surface area contributed by atoms with E-state index in [2.05, 4.69) is 36.8 Å². The molecule has 1 unspecified atom stereocenters. The second-order valence-electron chi connectivity index (χ2n) is 7.28. The van der Waals surface area contributed by atoms with Gasteiger partial charge < -0.3 is 4.98 Å².